The second-order valence-electron chi connectivity index (χ2n) is 8.63. The summed E-state index contributed by atoms with van der Waals surface area (Å²) in [4.78, 5) is 13.0. The predicted molar refractivity (Wildman–Crippen MR) is 135 cm³/mol. The van der Waals surface area contributed by atoms with Crippen LogP contribution >= 0.6 is 11.8 Å². The zero-order valence-corrected chi connectivity index (χ0v) is 20.6. The van der Waals surface area contributed by atoms with Gasteiger partial charge in [0.25, 0.3) is 0 Å². The van der Waals surface area contributed by atoms with E-state index in [0.717, 1.165) is 16.9 Å². The molecule has 0 aromatic heterocycles. The molecule has 3 rings (SSSR count). The number of hydrogen-bond donors (Lipinski definition) is 0. The Bertz CT molecular complexity index is 783. The van der Waals surface area contributed by atoms with Crippen LogP contribution < -0.4 is 0 Å². The monoisotopic (exact) mass is 470 g/mol. The Morgan fingerprint density at radius 1 is 0.879 bits per heavy atom. The number of ketones is 1. The number of carbonyl (C=O) groups is 1. The van der Waals surface area contributed by atoms with E-state index in [1.54, 1.807) is 11.8 Å². The molecule has 33 heavy (non-hydrogen) atoms. The second-order valence-corrected chi connectivity index (χ2v) is 9.90. The fourth-order valence-electron chi connectivity index (χ4n) is 3.95. The zero-order valence-electron chi connectivity index (χ0n) is 19.8. The van der Waals surface area contributed by atoms with Gasteiger partial charge >= 0.3 is 0 Å². The molecule has 3 atom stereocenters. The first-order valence-corrected chi connectivity index (χ1v) is 13.4. The van der Waals surface area contributed by atoms with Crippen LogP contribution in [0.3, 0.4) is 0 Å². The summed E-state index contributed by atoms with van der Waals surface area (Å²) in [6.45, 7) is 3.47. The topological polar surface area (TPSA) is 44.8 Å². The van der Waals surface area contributed by atoms with Crippen molar-refractivity contribution in [1.29, 1.82) is 0 Å². The molecule has 0 bridgehead atoms. The van der Waals surface area contributed by atoms with E-state index in [1.807, 2.05) is 60.7 Å². The smallest absolute Gasteiger partial charge is 0.167 e. The maximum atomic E-state index is 13.0. The predicted octanol–water partition coefficient (Wildman–Crippen LogP) is 6.57. The third kappa shape index (κ3) is 9.62. The lowest BCUT2D eigenvalue weighted by Crippen LogP contribution is -2.48. The standard InChI is InChI=1S/C28H38O4S/c1-2-3-4-5-6-13-18-33-27-19-25(29)28(31-21-24-16-11-8-12-17-24)26(32-27)22-30-20-23-14-9-7-10-15-23/h7-12,14-17,26-28H,2-6,13,18-22H2,1H3/t26-,27-,28+/m1/s1. The van der Waals surface area contributed by atoms with Crippen LogP contribution in [0.5, 0.6) is 0 Å². The molecule has 2 aromatic rings. The van der Waals surface area contributed by atoms with E-state index < -0.39 is 6.10 Å². The van der Waals surface area contributed by atoms with E-state index in [1.165, 1.54) is 38.5 Å². The van der Waals surface area contributed by atoms with Gasteiger partial charge in [0.05, 0.1) is 19.8 Å². The number of rotatable bonds is 15. The largest absolute Gasteiger partial charge is 0.374 e. The van der Waals surface area contributed by atoms with E-state index in [9.17, 15) is 4.79 Å². The molecule has 1 saturated heterocycles. The Balaban J connectivity index is 1.50. The number of ether oxygens (including phenoxy) is 3. The summed E-state index contributed by atoms with van der Waals surface area (Å²) in [7, 11) is 0. The molecule has 0 N–H and O–H groups in total. The van der Waals surface area contributed by atoms with E-state index in [2.05, 4.69) is 6.92 Å². The molecule has 0 unspecified atom stereocenters. The molecule has 1 aliphatic rings. The third-order valence-corrected chi connectivity index (χ3v) is 6.99. The van der Waals surface area contributed by atoms with Gasteiger partial charge in [0, 0.05) is 6.42 Å². The minimum absolute atomic E-state index is 0.116. The molecule has 0 radical (unpaired) electrons. The van der Waals surface area contributed by atoms with Crippen molar-refractivity contribution in [1.82, 2.24) is 0 Å². The van der Waals surface area contributed by atoms with E-state index in [4.69, 9.17) is 14.2 Å². The van der Waals surface area contributed by atoms with E-state index >= 15 is 0 Å². The Hall–Kier alpha value is -1.66. The van der Waals surface area contributed by atoms with Crippen molar-refractivity contribution in [2.24, 2.45) is 0 Å². The number of carbonyl (C=O) groups excluding carboxylic acids is 1. The average Bonchev–Trinajstić information content (AvgIpc) is 2.84. The SMILES string of the molecule is CCCCCCCCS[C@@H]1CC(=O)[C@H](OCc2ccccc2)[C@@H](COCc2ccccc2)O1. The molecule has 2 aromatic carbocycles. The second kappa shape index (κ2) is 15.3. The zero-order chi connectivity index (χ0) is 23.1. The highest BCUT2D eigenvalue weighted by Gasteiger charge is 2.38. The highest BCUT2D eigenvalue weighted by molar-refractivity contribution is 7.99. The highest BCUT2D eigenvalue weighted by atomic mass is 32.2. The van der Waals surface area contributed by atoms with Crippen LogP contribution in [0.1, 0.15) is 63.0 Å². The van der Waals surface area contributed by atoms with Gasteiger partial charge in [-0.05, 0) is 23.3 Å². The quantitative estimate of drug-likeness (QED) is 0.276. The third-order valence-electron chi connectivity index (χ3n) is 5.82. The average molecular weight is 471 g/mol. The summed E-state index contributed by atoms with van der Waals surface area (Å²) in [6.07, 6.45) is 7.05. The molecular weight excluding hydrogens is 432 g/mol. The molecule has 180 valence electrons. The molecule has 5 heteroatoms. The fourth-order valence-corrected chi connectivity index (χ4v) is 5.09. The van der Waals surface area contributed by atoms with E-state index in [-0.39, 0.29) is 17.3 Å². The molecule has 0 aliphatic carbocycles. The molecule has 0 amide bonds. The molecule has 4 nitrogen and oxygen atoms in total. The highest BCUT2D eigenvalue weighted by Crippen LogP contribution is 2.29. The summed E-state index contributed by atoms with van der Waals surface area (Å²) < 4.78 is 18.3. The van der Waals surface area contributed by atoms with Crippen LogP contribution in [0.25, 0.3) is 0 Å². The van der Waals surface area contributed by atoms with Crippen LogP contribution in [0.15, 0.2) is 60.7 Å². The van der Waals surface area contributed by atoms with Gasteiger partial charge in [-0.3, -0.25) is 4.79 Å². The van der Waals surface area contributed by atoms with Crippen LogP contribution in [0.4, 0.5) is 0 Å². The summed E-state index contributed by atoms with van der Waals surface area (Å²) >= 11 is 1.76. The van der Waals surface area contributed by atoms with Crippen molar-refractivity contribution in [3.63, 3.8) is 0 Å². The Labute approximate surface area is 203 Å². The van der Waals surface area contributed by atoms with Gasteiger partial charge in [-0.15, -0.1) is 11.8 Å². The van der Waals surface area contributed by atoms with Crippen LogP contribution in [0, 0.1) is 0 Å². The Kier molecular flexibility index (Phi) is 12.0. The maximum absolute atomic E-state index is 13.0. The Morgan fingerprint density at radius 2 is 1.52 bits per heavy atom. The lowest BCUT2D eigenvalue weighted by molar-refractivity contribution is -0.168. The van der Waals surface area contributed by atoms with Crippen molar-refractivity contribution in [3.8, 4) is 0 Å². The first kappa shape index (κ1) is 26.0. The van der Waals surface area contributed by atoms with Crippen LogP contribution in [-0.4, -0.2) is 35.8 Å². The van der Waals surface area contributed by atoms with Crippen molar-refractivity contribution in [3.05, 3.63) is 71.8 Å². The maximum Gasteiger partial charge on any atom is 0.167 e. The summed E-state index contributed by atoms with van der Waals surface area (Å²) in [6, 6.07) is 20.0. The van der Waals surface area contributed by atoms with Gasteiger partial charge in [0.1, 0.15) is 17.6 Å². The van der Waals surface area contributed by atoms with Crippen molar-refractivity contribution in [2.75, 3.05) is 12.4 Å². The number of Topliss-reactive ketones (excluding diaryl/α,β-unsaturated/α-hetero) is 1. The summed E-state index contributed by atoms with van der Waals surface area (Å²) in [5.41, 5.74) is 2.04. The minimum Gasteiger partial charge on any atom is -0.374 e. The molecule has 0 saturated carbocycles. The molecule has 1 fully saturated rings. The fraction of sp³-hybridized carbons (Fsp3) is 0.536. The van der Waals surface area contributed by atoms with Gasteiger partial charge in [0.2, 0.25) is 0 Å². The first-order valence-electron chi connectivity index (χ1n) is 12.3. The Morgan fingerprint density at radius 3 is 2.21 bits per heavy atom. The van der Waals surface area contributed by atoms with E-state index in [0.29, 0.717) is 26.2 Å². The summed E-state index contributed by atoms with van der Waals surface area (Å²) in [5, 5.41) is 0. The van der Waals surface area contributed by atoms with Crippen molar-refractivity contribution >= 4 is 17.5 Å². The van der Waals surface area contributed by atoms with Crippen molar-refractivity contribution < 1.29 is 19.0 Å². The van der Waals surface area contributed by atoms with Crippen molar-refractivity contribution in [2.45, 2.75) is 82.7 Å². The van der Waals surface area contributed by atoms with Crippen LogP contribution in [-0.2, 0) is 32.2 Å². The van der Waals surface area contributed by atoms with Gasteiger partial charge < -0.3 is 14.2 Å². The van der Waals surface area contributed by atoms with Gasteiger partial charge in [0.15, 0.2) is 5.78 Å². The lowest BCUT2D eigenvalue weighted by atomic mass is 10.0. The first-order chi connectivity index (χ1) is 16.3. The van der Waals surface area contributed by atoms with Gasteiger partial charge in [-0.1, -0.05) is 99.7 Å². The van der Waals surface area contributed by atoms with Gasteiger partial charge in [-0.2, -0.15) is 0 Å². The lowest BCUT2D eigenvalue weighted by Gasteiger charge is -2.35. The molecule has 0 spiro atoms. The van der Waals surface area contributed by atoms with Crippen LogP contribution in [0.2, 0.25) is 0 Å². The number of hydrogen-bond acceptors (Lipinski definition) is 5. The normalized spacial score (nSPS) is 20.8. The number of thioether (sulfide) groups is 1. The molecule has 1 heterocycles. The molecular formula is C28H38O4S. The minimum atomic E-state index is -0.591. The van der Waals surface area contributed by atoms with Gasteiger partial charge in [-0.25, -0.2) is 0 Å². The number of benzene rings is 2. The molecule has 1 aliphatic heterocycles. The number of unbranched alkanes of at least 4 members (excludes halogenated alkanes) is 5. The summed E-state index contributed by atoms with van der Waals surface area (Å²) in [5.74, 6) is 1.14.